The van der Waals surface area contributed by atoms with Gasteiger partial charge in [0.15, 0.2) is 0 Å². The van der Waals surface area contributed by atoms with Crippen molar-refractivity contribution >= 4 is 17.0 Å². The number of imidazole rings is 1. The van der Waals surface area contributed by atoms with Crippen molar-refractivity contribution in [2.24, 2.45) is 5.92 Å². The van der Waals surface area contributed by atoms with Gasteiger partial charge >= 0.3 is 12.1 Å². The number of fused-ring (bicyclic) bond motifs is 1. The first-order valence-corrected chi connectivity index (χ1v) is 14.6. The first-order valence-electron chi connectivity index (χ1n) is 14.6. The van der Waals surface area contributed by atoms with E-state index in [2.05, 4.69) is 14.5 Å². The molecule has 10 heteroatoms. The van der Waals surface area contributed by atoms with Crippen LogP contribution in [-0.2, 0) is 24.1 Å². The number of aromatic nitrogens is 4. The van der Waals surface area contributed by atoms with Crippen LogP contribution in [0.25, 0.3) is 22.2 Å². The number of hydrogen-bond donors (Lipinski definition) is 1. The molecule has 7 nitrogen and oxygen atoms in total. The van der Waals surface area contributed by atoms with E-state index in [1.807, 2.05) is 49.4 Å². The Morgan fingerprint density at radius 3 is 2.32 bits per heavy atom. The van der Waals surface area contributed by atoms with Gasteiger partial charge in [-0.2, -0.15) is 13.2 Å². The average Bonchev–Trinajstić information content (AvgIpc) is 3.38. The van der Waals surface area contributed by atoms with E-state index < -0.39 is 23.6 Å². The smallest absolute Gasteiger partial charge is 0.416 e. The van der Waals surface area contributed by atoms with E-state index >= 15 is 0 Å². The van der Waals surface area contributed by atoms with E-state index in [1.165, 1.54) is 12.1 Å². The largest absolute Gasteiger partial charge is 0.487 e. The van der Waals surface area contributed by atoms with E-state index in [4.69, 9.17) is 9.72 Å². The summed E-state index contributed by atoms with van der Waals surface area (Å²) in [4.78, 5) is 25.8. The molecule has 2 atom stereocenters. The number of halogens is 3. The van der Waals surface area contributed by atoms with Crippen molar-refractivity contribution in [3.8, 4) is 16.9 Å². The molecule has 0 spiro atoms. The molecule has 1 fully saturated rings. The lowest BCUT2D eigenvalue weighted by Gasteiger charge is -2.28. The average molecular weight is 601 g/mol. The molecule has 2 unspecified atom stereocenters. The third-order valence-corrected chi connectivity index (χ3v) is 8.23. The monoisotopic (exact) mass is 600 g/mol. The third-order valence-electron chi connectivity index (χ3n) is 8.23. The lowest BCUT2D eigenvalue weighted by molar-refractivity contribution is -0.143. The molecule has 0 amide bonds. The fourth-order valence-corrected chi connectivity index (χ4v) is 5.88. The lowest BCUT2D eigenvalue weighted by atomic mass is 9.78. The zero-order valence-corrected chi connectivity index (χ0v) is 24.1. The summed E-state index contributed by atoms with van der Waals surface area (Å²) in [5, 5.41) is 10.0. The fourth-order valence-electron chi connectivity index (χ4n) is 5.88. The molecule has 5 aromatic rings. The van der Waals surface area contributed by atoms with E-state index in [1.54, 1.807) is 12.4 Å². The number of carbonyl (C=O) groups is 1. The summed E-state index contributed by atoms with van der Waals surface area (Å²) in [6.07, 6.45) is 2.14. The van der Waals surface area contributed by atoms with Crippen LogP contribution >= 0.6 is 0 Å². The molecule has 2 heterocycles. The van der Waals surface area contributed by atoms with E-state index in [-0.39, 0.29) is 12.5 Å². The van der Waals surface area contributed by atoms with Gasteiger partial charge in [-0.15, -0.1) is 0 Å². The predicted molar refractivity (Wildman–Crippen MR) is 159 cm³/mol. The number of nitrogens with zero attached hydrogens (tertiary/aromatic N) is 4. The number of rotatable bonds is 8. The van der Waals surface area contributed by atoms with Gasteiger partial charge in [0.2, 0.25) is 0 Å². The van der Waals surface area contributed by atoms with E-state index in [9.17, 15) is 23.1 Å². The summed E-state index contributed by atoms with van der Waals surface area (Å²) in [5.74, 6) is -0.189. The lowest BCUT2D eigenvalue weighted by Crippen LogP contribution is -2.27. The summed E-state index contributed by atoms with van der Waals surface area (Å²) in [6.45, 7) is 2.55. The van der Waals surface area contributed by atoms with Crippen LogP contribution in [0.4, 0.5) is 13.2 Å². The first-order chi connectivity index (χ1) is 21.2. The van der Waals surface area contributed by atoms with Crippen LogP contribution in [0.3, 0.4) is 0 Å². The van der Waals surface area contributed by atoms with Gasteiger partial charge in [0.05, 0.1) is 40.1 Å². The second-order valence-electron chi connectivity index (χ2n) is 11.3. The highest BCUT2D eigenvalue weighted by Gasteiger charge is 2.35. The maximum atomic E-state index is 13.0. The molecule has 1 aliphatic carbocycles. The number of aliphatic carboxylic acids is 1. The molecule has 6 rings (SSSR count). The van der Waals surface area contributed by atoms with Gasteiger partial charge in [-0.3, -0.25) is 14.8 Å². The fraction of sp³-hybridized carbons (Fsp3) is 0.294. The van der Waals surface area contributed by atoms with Crippen LogP contribution in [0, 0.1) is 12.8 Å². The van der Waals surface area contributed by atoms with Gasteiger partial charge in [0, 0.05) is 24.7 Å². The molecular weight excluding hydrogens is 569 g/mol. The molecule has 0 saturated heterocycles. The van der Waals surface area contributed by atoms with Gasteiger partial charge in [-0.05, 0) is 60.7 Å². The Kier molecular flexibility index (Phi) is 8.07. The first kappa shape index (κ1) is 29.3. The van der Waals surface area contributed by atoms with Crippen LogP contribution in [0.15, 0.2) is 79.1 Å². The van der Waals surface area contributed by atoms with Crippen molar-refractivity contribution in [3.63, 3.8) is 0 Å². The Balaban J connectivity index is 1.32. The van der Waals surface area contributed by atoms with Crippen LogP contribution in [0.1, 0.15) is 59.9 Å². The third kappa shape index (κ3) is 6.29. The minimum atomic E-state index is -4.38. The van der Waals surface area contributed by atoms with Crippen LogP contribution in [0.5, 0.6) is 5.75 Å². The van der Waals surface area contributed by atoms with Crippen molar-refractivity contribution in [2.45, 2.75) is 57.9 Å². The highest BCUT2D eigenvalue weighted by molar-refractivity contribution is 5.79. The second kappa shape index (κ2) is 12.1. The Hall–Kier alpha value is -4.73. The highest BCUT2D eigenvalue weighted by Crippen LogP contribution is 2.40. The van der Waals surface area contributed by atoms with Crippen molar-refractivity contribution in [2.75, 3.05) is 0 Å². The second-order valence-corrected chi connectivity index (χ2v) is 11.3. The summed E-state index contributed by atoms with van der Waals surface area (Å²) in [7, 11) is 0. The number of benzene rings is 3. The number of ether oxygens (including phenoxy) is 1. The van der Waals surface area contributed by atoms with Crippen LogP contribution in [0.2, 0.25) is 0 Å². The highest BCUT2D eigenvalue weighted by atomic mass is 19.4. The van der Waals surface area contributed by atoms with Crippen molar-refractivity contribution in [3.05, 3.63) is 107 Å². The molecule has 2 aromatic heterocycles. The summed E-state index contributed by atoms with van der Waals surface area (Å²) in [5.41, 5.74) is 4.84. The minimum Gasteiger partial charge on any atom is -0.487 e. The molecule has 1 aliphatic rings. The van der Waals surface area contributed by atoms with Gasteiger partial charge in [-0.1, -0.05) is 49.2 Å². The topological polar surface area (TPSA) is 90.1 Å². The molecule has 226 valence electrons. The minimum absolute atomic E-state index is 0.229. The molecule has 0 radical (unpaired) electrons. The standard InChI is InChI=1S/C34H31F3N4O3/c1-21-17-39-26(18-38-21)20-44-27-14-15-30-31(16-27)41(32(40-30)28-4-2-3-5-29(28)33(42)43)19-22-6-8-23(9-7-22)24-10-12-25(13-11-24)34(35,36)37/h6-18,28-29H,2-5,19-20H2,1H3,(H,42,43). The Labute approximate surface area is 252 Å². The van der Waals surface area contributed by atoms with Crippen molar-refractivity contribution in [1.82, 2.24) is 19.5 Å². The van der Waals surface area contributed by atoms with Gasteiger partial charge in [-0.25, -0.2) is 4.98 Å². The summed E-state index contributed by atoms with van der Waals surface area (Å²) < 4.78 is 47.1. The molecule has 0 aliphatic heterocycles. The molecule has 1 saturated carbocycles. The zero-order valence-electron chi connectivity index (χ0n) is 24.1. The normalized spacial score (nSPS) is 17.1. The zero-order chi connectivity index (χ0) is 30.8. The molecule has 0 bridgehead atoms. The Morgan fingerprint density at radius 2 is 1.66 bits per heavy atom. The Morgan fingerprint density at radius 1 is 0.955 bits per heavy atom. The maximum Gasteiger partial charge on any atom is 0.416 e. The predicted octanol–water partition coefficient (Wildman–Crippen LogP) is 7.81. The van der Waals surface area contributed by atoms with Crippen molar-refractivity contribution < 1.29 is 27.8 Å². The maximum absolute atomic E-state index is 13.0. The molecule has 1 N–H and O–H groups in total. The van der Waals surface area contributed by atoms with Gasteiger partial charge in [0.1, 0.15) is 18.2 Å². The quantitative estimate of drug-likeness (QED) is 0.195. The SMILES string of the molecule is Cc1cnc(COc2ccc3nc(C4CCCCC4C(=O)O)n(Cc4ccc(-c5ccc(C(F)(F)F)cc5)cc4)c3c2)cn1. The molecule has 44 heavy (non-hydrogen) atoms. The van der Waals surface area contributed by atoms with Crippen molar-refractivity contribution in [1.29, 1.82) is 0 Å². The summed E-state index contributed by atoms with van der Waals surface area (Å²) in [6, 6.07) is 18.4. The van der Waals surface area contributed by atoms with Crippen LogP contribution in [-0.4, -0.2) is 30.6 Å². The van der Waals surface area contributed by atoms with Gasteiger partial charge in [0.25, 0.3) is 0 Å². The number of carboxylic acids is 1. The molecular formula is C34H31F3N4O3. The number of aryl methyl sites for hydroxylation is 1. The number of carboxylic acid groups (broad SMARTS) is 1. The summed E-state index contributed by atoms with van der Waals surface area (Å²) >= 11 is 0. The van der Waals surface area contributed by atoms with E-state index in [0.29, 0.717) is 30.0 Å². The number of hydrogen-bond acceptors (Lipinski definition) is 5. The van der Waals surface area contributed by atoms with Crippen LogP contribution < -0.4 is 4.74 Å². The molecule has 3 aromatic carbocycles. The Bertz CT molecular complexity index is 1770. The number of alkyl halides is 3. The van der Waals surface area contributed by atoms with Gasteiger partial charge < -0.3 is 14.4 Å². The van der Waals surface area contributed by atoms with E-state index in [0.717, 1.165) is 65.1 Å².